The van der Waals surface area contributed by atoms with E-state index in [1.807, 2.05) is 17.5 Å². The molecule has 0 aliphatic rings. The average Bonchev–Trinajstić information content (AvgIpc) is 2.80. The molecule has 2 aromatic rings. The predicted molar refractivity (Wildman–Crippen MR) is 67.6 cm³/mol. The second kappa shape index (κ2) is 5.10. The van der Waals surface area contributed by atoms with Crippen molar-refractivity contribution < 1.29 is 9.18 Å². The number of benzene rings is 1. The highest BCUT2D eigenvalue weighted by molar-refractivity contribution is 7.09. The van der Waals surface area contributed by atoms with Gasteiger partial charge in [0.25, 0.3) is 0 Å². The Bertz CT molecular complexity index is 493. The van der Waals surface area contributed by atoms with E-state index in [2.05, 4.69) is 0 Å². The first-order chi connectivity index (χ1) is 8.16. The van der Waals surface area contributed by atoms with Crippen LogP contribution >= 0.6 is 11.3 Å². The summed E-state index contributed by atoms with van der Waals surface area (Å²) in [5, 5.41) is 1.97. The van der Waals surface area contributed by atoms with Gasteiger partial charge in [0.05, 0.1) is 6.54 Å². The number of thiophene rings is 1. The third-order valence-corrected chi connectivity index (χ3v) is 3.27. The molecule has 0 fully saturated rings. The minimum absolute atomic E-state index is 0.0509. The van der Waals surface area contributed by atoms with Crippen LogP contribution in [0, 0.1) is 5.82 Å². The van der Waals surface area contributed by atoms with Crippen LogP contribution in [0.15, 0.2) is 41.8 Å². The summed E-state index contributed by atoms with van der Waals surface area (Å²) in [6.45, 7) is 2.04. The van der Waals surface area contributed by atoms with E-state index in [4.69, 9.17) is 0 Å². The van der Waals surface area contributed by atoms with Gasteiger partial charge in [0.2, 0.25) is 5.91 Å². The maximum Gasteiger partial charge on any atom is 0.224 e. The van der Waals surface area contributed by atoms with Gasteiger partial charge in [0.1, 0.15) is 5.82 Å². The zero-order chi connectivity index (χ0) is 12.3. The van der Waals surface area contributed by atoms with Crippen molar-refractivity contribution in [1.82, 2.24) is 0 Å². The SMILES string of the molecule is CC(=O)N(Cc1cccs1)c1ccc(F)cc1. The zero-order valence-corrected chi connectivity index (χ0v) is 10.2. The van der Waals surface area contributed by atoms with Crippen LogP contribution in [0.4, 0.5) is 10.1 Å². The van der Waals surface area contributed by atoms with Gasteiger partial charge >= 0.3 is 0 Å². The minimum atomic E-state index is -0.298. The van der Waals surface area contributed by atoms with Crippen LogP contribution in [0.2, 0.25) is 0 Å². The van der Waals surface area contributed by atoms with Crippen molar-refractivity contribution in [3.05, 3.63) is 52.5 Å². The highest BCUT2D eigenvalue weighted by atomic mass is 32.1. The van der Waals surface area contributed by atoms with E-state index in [1.54, 1.807) is 28.4 Å². The molecule has 0 atom stereocenters. The minimum Gasteiger partial charge on any atom is -0.307 e. The summed E-state index contributed by atoms with van der Waals surface area (Å²) < 4.78 is 12.8. The number of halogens is 1. The van der Waals surface area contributed by atoms with Crippen molar-refractivity contribution in [2.75, 3.05) is 4.90 Å². The highest BCUT2D eigenvalue weighted by Gasteiger charge is 2.12. The van der Waals surface area contributed by atoms with Crippen molar-refractivity contribution in [2.45, 2.75) is 13.5 Å². The fourth-order valence-electron chi connectivity index (χ4n) is 1.56. The van der Waals surface area contributed by atoms with Crippen LogP contribution in [0.25, 0.3) is 0 Å². The molecule has 0 saturated heterocycles. The van der Waals surface area contributed by atoms with Crippen molar-refractivity contribution in [2.24, 2.45) is 0 Å². The van der Waals surface area contributed by atoms with Gasteiger partial charge in [-0.2, -0.15) is 0 Å². The molecule has 0 unspecified atom stereocenters. The lowest BCUT2D eigenvalue weighted by Gasteiger charge is -2.20. The van der Waals surface area contributed by atoms with Gasteiger partial charge in [-0.25, -0.2) is 4.39 Å². The Morgan fingerprint density at radius 1 is 1.29 bits per heavy atom. The quantitative estimate of drug-likeness (QED) is 0.816. The van der Waals surface area contributed by atoms with Crippen molar-refractivity contribution in [3.63, 3.8) is 0 Å². The predicted octanol–water partition coefficient (Wildman–Crippen LogP) is 3.44. The number of hydrogen-bond donors (Lipinski definition) is 0. The molecular formula is C13H12FNOS. The fourth-order valence-corrected chi connectivity index (χ4v) is 2.26. The number of anilines is 1. The summed E-state index contributed by atoms with van der Waals surface area (Å²) in [5.74, 6) is -0.349. The van der Waals surface area contributed by atoms with Gasteiger partial charge in [0, 0.05) is 17.5 Å². The maximum absolute atomic E-state index is 12.8. The van der Waals surface area contributed by atoms with E-state index in [0.29, 0.717) is 12.2 Å². The maximum atomic E-state index is 12.8. The van der Waals surface area contributed by atoms with Crippen molar-refractivity contribution in [3.8, 4) is 0 Å². The molecule has 0 radical (unpaired) electrons. The second-order valence-corrected chi connectivity index (χ2v) is 4.69. The first-order valence-electron chi connectivity index (χ1n) is 5.23. The molecular weight excluding hydrogens is 237 g/mol. The Kier molecular flexibility index (Phi) is 3.54. The van der Waals surface area contributed by atoms with Crippen molar-refractivity contribution >= 4 is 22.9 Å². The topological polar surface area (TPSA) is 20.3 Å². The van der Waals surface area contributed by atoms with Crippen LogP contribution in [0.3, 0.4) is 0 Å². The molecule has 1 aromatic heterocycles. The number of carbonyl (C=O) groups is 1. The summed E-state index contributed by atoms with van der Waals surface area (Å²) >= 11 is 1.60. The summed E-state index contributed by atoms with van der Waals surface area (Å²) in [6.07, 6.45) is 0. The molecule has 1 amide bonds. The molecule has 0 N–H and O–H groups in total. The van der Waals surface area contributed by atoms with Crippen LogP contribution < -0.4 is 4.90 Å². The van der Waals surface area contributed by atoms with Crippen LogP contribution in [0.1, 0.15) is 11.8 Å². The lowest BCUT2D eigenvalue weighted by Crippen LogP contribution is -2.27. The molecule has 2 nitrogen and oxygen atoms in total. The smallest absolute Gasteiger partial charge is 0.224 e. The molecule has 17 heavy (non-hydrogen) atoms. The summed E-state index contributed by atoms with van der Waals surface area (Å²) in [6, 6.07) is 9.88. The molecule has 1 aromatic carbocycles. The number of rotatable bonds is 3. The Labute approximate surface area is 103 Å². The summed E-state index contributed by atoms with van der Waals surface area (Å²) in [7, 11) is 0. The van der Waals surface area contributed by atoms with Gasteiger partial charge < -0.3 is 4.90 Å². The van der Waals surface area contributed by atoms with Crippen LogP contribution in [-0.4, -0.2) is 5.91 Å². The molecule has 1 heterocycles. The first kappa shape index (κ1) is 11.8. The fraction of sp³-hybridized carbons (Fsp3) is 0.154. The normalized spacial score (nSPS) is 10.2. The molecule has 0 bridgehead atoms. The zero-order valence-electron chi connectivity index (χ0n) is 9.39. The molecule has 0 saturated carbocycles. The molecule has 88 valence electrons. The lowest BCUT2D eigenvalue weighted by molar-refractivity contribution is -0.116. The van der Waals surface area contributed by atoms with Crippen LogP contribution in [0.5, 0.6) is 0 Å². The monoisotopic (exact) mass is 249 g/mol. The van der Waals surface area contributed by atoms with Crippen LogP contribution in [-0.2, 0) is 11.3 Å². The Morgan fingerprint density at radius 2 is 2.00 bits per heavy atom. The van der Waals surface area contributed by atoms with Crippen molar-refractivity contribution in [1.29, 1.82) is 0 Å². The number of carbonyl (C=O) groups excluding carboxylic acids is 1. The van der Waals surface area contributed by atoms with Gasteiger partial charge in [-0.05, 0) is 35.7 Å². The Morgan fingerprint density at radius 3 is 2.53 bits per heavy atom. The highest BCUT2D eigenvalue weighted by Crippen LogP contribution is 2.20. The van der Waals surface area contributed by atoms with Gasteiger partial charge in [0.15, 0.2) is 0 Å². The van der Waals surface area contributed by atoms with E-state index < -0.39 is 0 Å². The van der Waals surface area contributed by atoms with E-state index in [-0.39, 0.29) is 11.7 Å². The standard InChI is InChI=1S/C13H12FNOS/c1-10(16)15(9-13-3-2-8-17-13)12-6-4-11(14)5-7-12/h2-8H,9H2,1H3. The third kappa shape index (κ3) is 2.91. The van der Waals surface area contributed by atoms with Gasteiger partial charge in [-0.1, -0.05) is 6.07 Å². The molecule has 0 spiro atoms. The Hall–Kier alpha value is -1.68. The molecule has 4 heteroatoms. The molecule has 0 aliphatic heterocycles. The molecule has 0 aliphatic carbocycles. The average molecular weight is 249 g/mol. The third-order valence-electron chi connectivity index (χ3n) is 2.41. The second-order valence-electron chi connectivity index (χ2n) is 3.66. The van der Waals surface area contributed by atoms with Gasteiger partial charge in [-0.15, -0.1) is 11.3 Å². The summed E-state index contributed by atoms with van der Waals surface area (Å²) in [5.41, 5.74) is 0.715. The number of amides is 1. The van der Waals surface area contributed by atoms with E-state index in [0.717, 1.165) is 4.88 Å². The number of hydrogen-bond acceptors (Lipinski definition) is 2. The first-order valence-corrected chi connectivity index (χ1v) is 6.11. The van der Waals surface area contributed by atoms with E-state index in [9.17, 15) is 9.18 Å². The summed E-state index contributed by atoms with van der Waals surface area (Å²) in [4.78, 5) is 14.3. The number of nitrogens with zero attached hydrogens (tertiary/aromatic N) is 1. The molecule has 2 rings (SSSR count). The van der Waals surface area contributed by atoms with E-state index in [1.165, 1.54) is 19.1 Å². The van der Waals surface area contributed by atoms with Gasteiger partial charge in [-0.3, -0.25) is 4.79 Å². The Balaban J connectivity index is 2.23. The van der Waals surface area contributed by atoms with E-state index >= 15 is 0 Å². The largest absolute Gasteiger partial charge is 0.307 e. The lowest BCUT2D eigenvalue weighted by atomic mass is 10.2.